The third-order valence-electron chi connectivity index (χ3n) is 7.58. The molecule has 2 N–H and O–H groups in total. The van der Waals surface area contributed by atoms with Gasteiger partial charge in [-0.2, -0.15) is 0 Å². The first-order valence-corrected chi connectivity index (χ1v) is 7.55. The van der Waals surface area contributed by atoms with Crippen molar-refractivity contribution in [2.45, 2.75) is 51.0 Å². The third-order valence-corrected chi connectivity index (χ3v) is 7.58. The van der Waals surface area contributed by atoms with Crippen molar-refractivity contribution in [2.24, 2.45) is 46.7 Å². The molecule has 6 fully saturated rings. The molecule has 8 unspecified atom stereocenters. The molecule has 1 heteroatoms. The van der Waals surface area contributed by atoms with Gasteiger partial charge < -0.3 is 5.73 Å². The molecule has 6 bridgehead atoms. The Morgan fingerprint density at radius 2 is 1.88 bits per heavy atom. The van der Waals surface area contributed by atoms with Crippen molar-refractivity contribution in [1.29, 1.82) is 0 Å². The van der Waals surface area contributed by atoms with Crippen molar-refractivity contribution < 1.29 is 0 Å². The summed E-state index contributed by atoms with van der Waals surface area (Å²) in [6.07, 6.45) is 10.7. The van der Waals surface area contributed by atoms with E-state index >= 15 is 0 Å². The molecule has 1 spiro atoms. The molecular formula is C15H23N. The van der Waals surface area contributed by atoms with Crippen LogP contribution in [-0.2, 0) is 0 Å². The van der Waals surface area contributed by atoms with Crippen molar-refractivity contribution >= 4 is 0 Å². The van der Waals surface area contributed by atoms with Gasteiger partial charge in [-0.15, -0.1) is 0 Å². The van der Waals surface area contributed by atoms with E-state index in [4.69, 9.17) is 5.73 Å². The lowest BCUT2D eigenvalue weighted by Crippen LogP contribution is -2.63. The summed E-state index contributed by atoms with van der Waals surface area (Å²) in [6.45, 7) is 0. The summed E-state index contributed by atoms with van der Waals surface area (Å²) in [5.41, 5.74) is 7.15. The van der Waals surface area contributed by atoms with Crippen molar-refractivity contribution in [3.8, 4) is 0 Å². The van der Waals surface area contributed by atoms with Crippen LogP contribution in [0.15, 0.2) is 0 Å². The normalized spacial score (nSPS) is 69.9. The maximum Gasteiger partial charge on any atom is 0.00471 e. The fourth-order valence-electron chi connectivity index (χ4n) is 7.29. The Bertz CT molecular complexity index is 351. The van der Waals surface area contributed by atoms with E-state index in [-0.39, 0.29) is 0 Å². The zero-order chi connectivity index (χ0) is 10.5. The quantitative estimate of drug-likeness (QED) is 0.663. The largest absolute Gasteiger partial charge is 0.328 e. The average Bonchev–Trinajstić information content (AvgIpc) is 2.39. The monoisotopic (exact) mass is 217 g/mol. The van der Waals surface area contributed by atoms with Crippen molar-refractivity contribution in [1.82, 2.24) is 0 Å². The molecular weight excluding hydrogens is 194 g/mol. The minimum absolute atomic E-state index is 0.560. The Kier molecular flexibility index (Phi) is 1.42. The molecule has 6 aliphatic rings. The molecule has 6 aliphatic carbocycles. The highest BCUT2D eigenvalue weighted by Crippen LogP contribution is 2.77. The van der Waals surface area contributed by atoms with E-state index in [2.05, 4.69) is 0 Å². The number of rotatable bonds is 0. The molecule has 0 heterocycles. The van der Waals surface area contributed by atoms with Gasteiger partial charge in [-0.05, 0) is 85.9 Å². The summed E-state index contributed by atoms with van der Waals surface area (Å²) in [7, 11) is 0. The summed E-state index contributed by atoms with van der Waals surface area (Å²) in [6, 6.07) is 0.560. The van der Waals surface area contributed by atoms with Crippen LogP contribution in [0.4, 0.5) is 0 Å². The van der Waals surface area contributed by atoms with Gasteiger partial charge >= 0.3 is 0 Å². The molecule has 0 aromatic heterocycles. The Balaban J connectivity index is 1.67. The number of fused-ring (bicyclic) bond motifs is 1. The number of hydrogen-bond donors (Lipinski definition) is 1. The van der Waals surface area contributed by atoms with E-state index in [1.54, 1.807) is 32.1 Å². The Morgan fingerprint density at radius 3 is 2.69 bits per heavy atom. The first-order valence-electron chi connectivity index (χ1n) is 7.55. The van der Waals surface area contributed by atoms with E-state index in [9.17, 15) is 0 Å². The Labute approximate surface area is 98.2 Å². The lowest BCUT2D eigenvalue weighted by molar-refractivity contribution is -0.176. The molecule has 0 aliphatic heterocycles. The second-order valence-electron chi connectivity index (χ2n) is 7.67. The van der Waals surface area contributed by atoms with Gasteiger partial charge in [0.1, 0.15) is 0 Å². The van der Waals surface area contributed by atoms with E-state index in [1.807, 2.05) is 0 Å². The summed E-state index contributed by atoms with van der Waals surface area (Å²) in [5.74, 6) is 6.72. The molecule has 0 saturated heterocycles. The second-order valence-corrected chi connectivity index (χ2v) is 7.67. The van der Waals surface area contributed by atoms with Crippen molar-refractivity contribution in [3.05, 3.63) is 0 Å². The lowest BCUT2D eigenvalue weighted by Gasteiger charge is -2.67. The van der Waals surface area contributed by atoms with Gasteiger partial charge in [0.05, 0.1) is 0 Å². The van der Waals surface area contributed by atoms with E-state index in [1.165, 1.54) is 12.8 Å². The van der Waals surface area contributed by atoms with E-state index in [0.29, 0.717) is 6.04 Å². The average molecular weight is 217 g/mol. The van der Waals surface area contributed by atoms with Crippen LogP contribution in [0.2, 0.25) is 0 Å². The molecule has 0 aromatic rings. The van der Waals surface area contributed by atoms with Gasteiger partial charge in [0.25, 0.3) is 0 Å². The predicted octanol–water partition coefficient (Wildman–Crippen LogP) is 2.80. The molecule has 0 amide bonds. The van der Waals surface area contributed by atoms with Gasteiger partial charge in [-0.25, -0.2) is 0 Å². The SMILES string of the molecule is NC1CC2C3CC4CCC3C2C2(CCC42)C1. The summed E-state index contributed by atoms with van der Waals surface area (Å²) in [5, 5.41) is 0. The fourth-order valence-corrected chi connectivity index (χ4v) is 7.29. The molecule has 6 rings (SSSR count). The van der Waals surface area contributed by atoms with E-state index in [0.717, 1.165) is 40.9 Å². The molecule has 88 valence electrons. The first kappa shape index (κ1) is 8.97. The van der Waals surface area contributed by atoms with Crippen molar-refractivity contribution in [3.63, 3.8) is 0 Å². The minimum Gasteiger partial charge on any atom is -0.328 e. The van der Waals surface area contributed by atoms with Gasteiger partial charge in [0.2, 0.25) is 0 Å². The highest BCUT2D eigenvalue weighted by atomic mass is 14.8. The van der Waals surface area contributed by atoms with Crippen LogP contribution in [0.5, 0.6) is 0 Å². The Morgan fingerprint density at radius 1 is 0.938 bits per heavy atom. The lowest BCUT2D eigenvalue weighted by atomic mass is 9.38. The molecule has 1 nitrogen and oxygen atoms in total. The zero-order valence-corrected chi connectivity index (χ0v) is 10.1. The molecule has 0 radical (unpaired) electrons. The summed E-state index contributed by atoms with van der Waals surface area (Å²) < 4.78 is 0. The second kappa shape index (κ2) is 2.53. The van der Waals surface area contributed by atoms with Crippen molar-refractivity contribution in [2.75, 3.05) is 0 Å². The minimum atomic E-state index is 0.560. The Hall–Kier alpha value is -0.0400. The van der Waals surface area contributed by atoms with Crippen LogP contribution >= 0.6 is 0 Å². The smallest absolute Gasteiger partial charge is 0.00471 e. The van der Waals surface area contributed by atoms with Crippen LogP contribution in [0.1, 0.15) is 44.9 Å². The molecule has 8 atom stereocenters. The number of nitrogens with two attached hydrogens (primary N) is 1. The van der Waals surface area contributed by atoms with Crippen LogP contribution < -0.4 is 5.73 Å². The van der Waals surface area contributed by atoms with E-state index < -0.39 is 0 Å². The maximum absolute atomic E-state index is 6.37. The molecule has 0 aromatic carbocycles. The fraction of sp³-hybridized carbons (Fsp3) is 1.00. The van der Waals surface area contributed by atoms with Crippen LogP contribution in [0.3, 0.4) is 0 Å². The molecule has 16 heavy (non-hydrogen) atoms. The van der Waals surface area contributed by atoms with Gasteiger partial charge in [0, 0.05) is 6.04 Å². The number of hydrogen-bond acceptors (Lipinski definition) is 1. The van der Waals surface area contributed by atoms with Crippen LogP contribution in [0.25, 0.3) is 0 Å². The topological polar surface area (TPSA) is 26.0 Å². The highest BCUT2D eigenvalue weighted by molar-refractivity contribution is 5.20. The maximum atomic E-state index is 6.37. The van der Waals surface area contributed by atoms with Gasteiger partial charge in [0.15, 0.2) is 0 Å². The standard InChI is InChI=1S/C15H23N/c16-9-6-12-11-5-8-1-2-10(11)14(12)15(7-9)4-3-13(8)15/h8-14H,1-7,16H2. The highest BCUT2D eigenvalue weighted by Gasteiger charge is 2.71. The van der Waals surface area contributed by atoms with Gasteiger partial charge in [-0.1, -0.05) is 0 Å². The first-order chi connectivity index (χ1) is 7.79. The van der Waals surface area contributed by atoms with Gasteiger partial charge in [-0.3, -0.25) is 0 Å². The summed E-state index contributed by atoms with van der Waals surface area (Å²) in [4.78, 5) is 0. The predicted molar refractivity (Wildman–Crippen MR) is 63.7 cm³/mol. The van der Waals surface area contributed by atoms with Crippen LogP contribution in [0, 0.1) is 40.9 Å². The van der Waals surface area contributed by atoms with Crippen LogP contribution in [-0.4, -0.2) is 6.04 Å². The third kappa shape index (κ3) is 0.749. The summed E-state index contributed by atoms with van der Waals surface area (Å²) >= 11 is 0. The molecule has 6 saturated carbocycles. The zero-order valence-electron chi connectivity index (χ0n) is 10.1.